The van der Waals surface area contributed by atoms with Gasteiger partial charge in [-0.05, 0) is 29.8 Å². The van der Waals surface area contributed by atoms with Crippen molar-refractivity contribution < 1.29 is 14.7 Å². The minimum atomic E-state index is -1.13. The molecule has 2 aromatic carbocycles. The number of H-pyrrole nitrogens is 1. The van der Waals surface area contributed by atoms with E-state index in [2.05, 4.69) is 15.6 Å². The summed E-state index contributed by atoms with van der Waals surface area (Å²) in [4.78, 5) is 26.8. The number of aliphatic carboxylic acids is 1. The third-order valence-corrected chi connectivity index (χ3v) is 4.62. The Kier molecular flexibility index (Phi) is 5.35. The highest BCUT2D eigenvalue weighted by Crippen LogP contribution is 2.25. The first-order valence-corrected chi connectivity index (χ1v) is 8.50. The summed E-state index contributed by atoms with van der Waals surface area (Å²) in [7, 11) is 0. The molecule has 3 rings (SSSR count). The number of amides is 2. The molecule has 2 amide bonds. The zero-order valence-electron chi connectivity index (χ0n) is 13.4. The molecule has 3 aromatic rings. The molecule has 0 unspecified atom stereocenters. The molecule has 0 aliphatic carbocycles. The molecule has 1 atom stereocenters. The molecule has 134 valence electrons. The second-order valence-electron chi connectivity index (χ2n) is 5.68. The van der Waals surface area contributed by atoms with E-state index in [9.17, 15) is 14.7 Å². The van der Waals surface area contributed by atoms with E-state index in [-0.39, 0.29) is 11.4 Å². The molecule has 4 N–H and O–H groups in total. The van der Waals surface area contributed by atoms with Crippen molar-refractivity contribution in [3.63, 3.8) is 0 Å². The summed E-state index contributed by atoms with van der Waals surface area (Å²) in [6.07, 6.45) is 1.90. The van der Waals surface area contributed by atoms with Gasteiger partial charge in [0.15, 0.2) is 0 Å². The molecule has 1 heterocycles. The molecule has 0 radical (unpaired) electrons. The first-order chi connectivity index (χ1) is 12.4. The normalized spacial score (nSPS) is 11.9. The van der Waals surface area contributed by atoms with Gasteiger partial charge < -0.3 is 20.7 Å². The molecule has 1 aromatic heterocycles. The van der Waals surface area contributed by atoms with E-state index in [0.717, 1.165) is 16.5 Å². The third-order valence-electron chi connectivity index (χ3n) is 3.88. The van der Waals surface area contributed by atoms with Crippen molar-refractivity contribution in [2.75, 3.05) is 5.32 Å². The highest BCUT2D eigenvalue weighted by Gasteiger charge is 2.22. The van der Waals surface area contributed by atoms with E-state index in [4.69, 9.17) is 23.2 Å². The number of aromatic nitrogens is 1. The number of nitrogens with one attached hydrogen (secondary N) is 3. The molecule has 0 saturated carbocycles. The van der Waals surface area contributed by atoms with Crippen LogP contribution in [0.1, 0.15) is 5.56 Å². The maximum Gasteiger partial charge on any atom is 0.326 e. The third kappa shape index (κ3) is 4.09. The number of benzene rings is 2. The van der Waals surface area contributed by atoms with Crippen LogP contribution in [-0.4, -0.2) is 28.1 Å². The Balaban J connectivity index is 1.71. The number of carboxylic acids is 1. The van der Waals surface area contributed by atoms with Crippen LogP contribution in [-0.2, 0) is 11.2 Å². The highest BCUT2D eigenvalue weighted by atomic mass is 35.5. The molecule has 0 spiro atoms. The number of carbonyl (C=O) groups excluding carboxylic acids is 1. The molecular weight excluding hydrogens is 377 g/mol. The second kappa shape index (κ2) is 7.68. The summed E-state index contributed by atoms with van der Waals surface area (Å²) in [5, 5.41) is 16.0. The number of hydrogen-bond donors (Lipinski definition) is 4. The first kappa shape index (κ1) is 18.1. The lowest BCUT2D eigenvalue weighted by Gasteiger charge is -2.15. The summed E-state index contributed by atoms with van der Waals surface area (Å²) in [5.41, 5.74) is 2.13. The fraction of sp³-hybridized carbons (Fsp3) is 0.111. The van der Waals surface area contributed by atoms with E-state index in [1.165, 1.54) is 6.07 Å². The lowest BCUT2D eigenvalue weighted by molar-refractivity contribution is -0.139. The average Bonchev–Trinajstić information content (AvgIpc) is 3.01. The van der Waals surface area contributed by atoms with Gasteiger partial charge in [0.25, 0.3) is 0 Å². The average molecular weight is 392 g/mol. The molecule has 0 saturated heterocycles. The second-order valence-corrected chi connectivity index (χ2v) is 6.50. The van der Waals surface area contributed by atoms with Gasteiger partial charge >= 0.3 is 12.0 Å². The summed E-state index contributed by atoms with van der Waals surface area (Å²) in [6, 6.07) is 10.4. The first-order valence-electron chi connectivity index (χ1n) is 7.74. The lowest BCUT2D eigenvalue weighted by atomic mass is 10.1. The van der Waals surface area contributed by atoms with Crippen molar-refractivity contribution in [3.8, 4) is 0 Å². The summed E-state index contributed by atoms with van der Waals surface area (Å²) >= 11 is 11.7. The quantitative estimate of drug-likeness (QED) is 0.522. The van der Waals surface area contributed by atoms with Crippen molar-refractivity contribution in [1.29, 1.82) is 0 Å². The van der Waals surface area contributed by atoms with Crippen molar-refractivity contribution in [2.45, 2.75) is 12.5 Å². The number of rotatable bonds is 5. The fourth-order valence-corrected chi connectivity index (χ4v) is 2.92. The number of aromatic amines is 1. The van der Waals surface area contributed by atoms with Crippen LogP contribution < -0.4 is 10.6 Å². The van der Waals surface area contributed by atoms with Gasteiger partial charge in [0.1, 0.15) is 6.04 Å². The minimum absolute atomic E-state index is 0.147. The Morgan fingerprint density at radius 2 is 1.88 bits per heavy atom. The number of halogens is 2. The Labute approximate surface area is 159 Å². The topological polar surface area (TPSA) is 94.2 Å². The van der Waals surface area contributed by atoms with Crippen LogP contribution in [0.3, 0.4) is 0 Å². The van der Waals surface area contributed by atoms with Gasteiger partial charge in [-0.1, -0.05) is 41.4 Å². The summed E-state index contributed by atoms with van der Waals surface area (Å²) in [5.74, 6) is -1.13. The zero-order chi connectivity index (χ0) is 18.7. The molecule has 26 heavy (non-hydrogen) atoms. The zero-order valence-corrected chi connectivity index (χ0v) is 14.9. The highest BCUT2D eigenvalue weighted by molar-refractivity contribution is 6.42. The number of fused-ring (bicyclic) bond motifs is 1. The number of urea groups is 1. The number of para-hydroxylation sites is 1. The van der Waals surface area contributed by atoms with E-state index in [1.807, 2.05) is 24.3 Å². The monoisotopic (exact) mass is 391 g/mol. The molecule has 0 bridgehead atoms. The van der Waals surface area contributed by atoms with E-state index in [0.29, 0.717) is 10.7 Å². The maximum atomic E-state index is 12.1. The van der Waals surface area contributed by atoms with Crippen LogP contribution >= 0.6 is 23.2 Å². The number of carboxylic acid groups (broad SMARTS) is 1. The van der Waals surface area contributed by atoms with Gasteiger partial charge in [0.05, 0.1) is 10.0 Å². The lowest BCUT2D eigenvalue weighted by Crippen LogP contribution is -2.44. The Morgan fingerprint density at radius 1 is 1.12 bits per heavy atom. The summed E-state index contributed by atoms with van der Waals surface area (Å²) in [6.45, 7) is 0. The Morgan fingerprint density at radius 3 is 2.62 bits per heavy atom. The minimum Gasteiger partial charge on any atom is -0.480 e. The van der Waals surface area contributed by atoms with Crippen LogP contribution in [0.5, 0.6) is 0 Å². The van der Waals surface area contributed by atoms with Crippen LogP contribution in [0, 0.1) is 0 Å². The standard InChI is InChI=1S/C18H15Cl2N3O3/c19-13-6-5-11(8-14(13)20)22-18(26)23-16(17(24)25)7-10-9-21-15-4-2-1-3-12(10)15/h1-6,8-9,16,21H,7H2,(H,24,25)(H2,22,23,26)/t16-/m1/s1. The molecule has 0 aliphatic rings. The predicted molar refractivity (Wildman–Crippen MR) is 102 cm³/mol. The number of anilines is 1. The van der Waals surface area contributed by atoms with Crippen LogP contribution in [0.2, 0.25) is 10.0 Å². The smallest absolute Gasteiger partial charge is 0.326 e. The van der Waals surface area contributed by atoms with Gasteiger partial charge in [0, 0.05) is 29.2 Å². The summed E-state index contributed by atoms with van der Waals surface area (Å²) < 4.78 is 0. The largest absolute Gasteiger partial charge is 0.480 e. The number of hydrogen-bond acceptors (Lipinski definition) is 2. The van der Waals surface area contributed by atoms with Gasteiger partial charge in [0.2, 0.25) is 0 Å². The van der Waals surface area contributed by atoms with Gasteiger partial charge in [-0.25, -0.2) is 9.59 Å². The Bertz CT molecular complexity index is 971. The van der Waals surface area contributed by atoms with Crippen molar-refractivity contribution in [1.82, 2.24) is 10.3 Å². The van der Waals surface area contributed by atoms with Crippen molar-refractivity contribution in [2.24, 2.45) is 0 Å². The van der Waals surface area contributed by atoms with E-state index in [1.54, 1.807) is 18.3 Å². The molecule has 0 fully saturated rings. The number of carbonyl (C=O) groups is 2. The van der Waals surface area contributed by atoms with Gasteiger partial charge in [-0.2, -0.15) is 0 Å². The fourth-order valence-electron chi connectivity index (χ4n) is 2.62. The van der Waals surface area contributed by atoms with Crippen LogP contribution in [0.25, 0.3) is 10.9 Å². The molecule has 0 aliphatic heterocycles. The Hall–Kier alpha value is -2.70. The molecule has 8 heteroatoms. The van der Waals surface area contributed by atoms with Crippen molar-refractivity contribution >= 4 is 51.8 Å². The van der Waals surface area contributed by atoms with Crippen LogP contribution in [0.15, 0.2) is 48.7 Å². The van der Waals surface area contributed by atoms with Gasteiger partial charge in [-0.3, -0.25) is 0 Å². The predicted octanol–water partition coefficient (Wildman–Crippen LogP) is 4.29. The van der Waals surface area contributed by atoms with Gasteiger partial charge in [-0.15, -0.1) is 0 Å². The van der Waals surface area contributed by atoms with Crippen LogP contribution in [0.4, 0.5) is 10.5 Å². The van der Waals surface area contributed by atoms with Crippen molar-refractivity contribution in [3.05, 3.63) is 64.3 Å². The molecule has 6 nitrogen and oxygen atoms in total. The van der Waals surface area contributed by atoms with E-state index < -0.39 is 18.0 Å². The van der Waals surface area contributed by atoms with E-state index >= 15 is 0 Å². The molecular formula is C18H15Cl2N3O3. The maximum absolute atomic E-state index is 12.1. The SMILES string of the molecule is O=C(Nc1ccc(Cl)c(Cl)c1)N[C@H](Cc1c[nH]c2ccccc12)C(=O)O.